The number of hydrogen-bond acceptors (Lipinski definition) is 7. The minimum Gasteiger partial charge on any atom is -0.493 e. The molecule has 2 N–H and O–H groups in total. The highest BCUT2D eigenvalue weighted by molar-refractivity contribution is 5.78. The molecule has 0 bridgehead atoms. The van der Waals surface area contributed by atoms with Gasteiger partial charge < -0.3 is 24.3 Å². The average Bonchev–Trinajstić information content (AvgIpc) is 3.20. The molecule has 1 amide bonds. The van der Waals surface area contributed by atoms with Crippen molar-refractivity contribution in [1.82, 2.24) is 15.2 Å². The number of amides is 1. The second-order valence-corrected chi connectivity index (χ2v) is 9.07. The van der Waals surface area contributed by atoms with E-state index in [-0.39, 0.29) is 12.5 Å². The van der Waals surface area contributed by atoms with Gasteiger partial charge in [0, 0.05) is 25.7 Å². The number of carboxylic acid groups (broad SMARTS) is 1. The number of aliphatic carboxylic acids is 1. The van der Waals surface area contributed by atoms with Crippen LogP contribution in [-0.2, 0) is 22.7 Å². The van der Waals surface area contributed by atoms with Crippen LogP contribution in [0.1, 0.15) is 36.4 Å². The van der Waals surface area contributed by atoms with Gasteiger partial charge in [-0.15, -0.1) is 0 Å². The second kappa shape index (κ2) is 11.3. The monoisotopic (exact) mass is 495 g/mol. The molecular weight excluding hydrogens is 462 g/mol. The third-order valence-corrected chi connectivity index (χ3v) is 5.73. The summed E-state index contributed by atoms with van der Waals surface area (Å²) in [7, 11) is 3.10. The van der Waals surface area contributed by atoms with E-state index in [1.165, 1.54) is 21.0 Å². The van der Waals surface area contributed by atoms with Crippen LogP contribution in [0, 0.1) is 13.8 Å². The van der Waals surface area contributed by atoms with Gasteiger partial charge >= 0.3 is 5.97 Å². The van der Waals surface area contributed by atoms with Gasteiger partial charge in [0.1, 0.15) is 5.76 Å². The van der Waals surface area contributed by atoms with Gasteiger partial charge in [0.05, 0.1) is 19.3 Å². The summed E-state index contributed by atoms with van der Waals surface area (Å²) < 4.78 is 17.2. The standard InChI is InChI=1S/C27H33N3O6/c1-17-12-19(13-22(34-6)24(17)36-27(3,4)26(32)33)14-30(16-23(31)28-5)15-21-18(2)35-25(29-21)20-10-8-7-9-11-20/h7-13H,14-16H2,1-6H3,(H,28,31)(H,32,33). The lowest BCUT2D eigenvalue weighted by atomic mass is 10.1. The van der Waals surface area contributed by atoms with Crippen molar-refractivity contribution in [3.05, 3.63) is 65.0 Å². The number of methoxy groups -OCH3 is 1. The van der Waals surface area contributed by atoms with Crippen LogP contribution < -0.4 is 14.8 Å². The number of carbonyl (C=O) groups excluding carboxylic acids is 1. The van der Waals surface area contributed by atoms with E-state index >= 15 is 0 Å². The number of nitrogens with one attached hydrogen (secondary N) is 1. The predicted octanol–water partition coefficient (Wildman–Crippen LogP) is 3.96. The molecule has 0 atom stereocenters. The Hall–Kier alpha value is -3.85. The van der Waals surface area contributed by atoms with Crippen LogP contribution in [0.4, 0.5) is 0 Å². The first-order valence-corrected chi connectivity index (χ1v) is 11.6. The minimum absolute atomic E-state index is 0.133. The number of nitrogens with zero attached hydrogens (tertiary/aromatic N) is 2. The van der Waals surface area contributed by atoms with Gasteiger partial charge in [-0.1, -0.05) is 24.3 Å². The number of ether oxygens (including phenoxy) is 2. The van der Waals surface area contributed by atoms with Crippen molar-refractivity contribution in [2.75, 3.05) is 20.7 Å². The van der Waals surface area contributed by atoms with Crippen LogP contribution in [0.25, 0.3) is 11.5 Å². The lowest BCUT2D eigenvalue weighted by Gasteiger charge is -2.26. The Bertz CT molecular complexity index is 1220. The van der Waals surface area contributed by atoms with Crippen molar-refractivity contribution in [2.45, 2.75) is 46.4 Å². The van der Waals surface area contributed by atoms with Crippen molar-refractivity contribution in [3.63, 3.8) is 0 Å². The number of carbonyl (C=O) groups is 2. The molecule has 9 nitrogen and oxygen atoms in total. The smallest absolute Gasteiger partial charge is 0.347 e. The molecule has 1 aromatic heterocycles. The SMILES string of the molecule is CNC(=O)CN(Cc1cc(C)c(OC(C)(C)C(=O)O)c(OC)c1)Cc1nc(-c2ccccc2)oc1C. The number of oxazole rings is 1. The number of likely N-dealkylation sites (N-methyl/N-ethyl adjacent to an activating group) is 1. The normalized spacial score (nSPS) is 11.4. The Labute approximate surface area is 211 Å². The first-order valence-electron chi connectivity index (χ1n) is 11.6. The molecule has 0 spiro atoms. The predicted molar refractivity (Wildman–Crippen MR) is 135 cm³/mol. The van der Waals surface area contributed by atoms with Crippen LogP contribution in [0.3, 0.4) is 0 Å². The Morgan fingerprint density at radius 3 is 2.44 bits per heavy atom. The van der Waals surface area contributed by atoms with Crippen LogP contribution in [0.2, 0.25) is 0 Å². The van der Waals surface area contributed by atoms with Crippen molar-refractivity contribution in [1.29, 1.82) is 0 Å². The summed E-state index contributed by atoms with van der Waals surface area (Å²) in [4.78, 5) is 30.5. The molecule has 0 aliphatic heterocycles. The molecule has 0 aliphatic rings. The third kappa shape index (κ3) is 6.42. The summed E-state index contributed by atoms with van der Waals surface area (Å²) in [5, 5.41) is 12.1. The molecule has 0 saturated carbocycles. The lowest BCUT2D eigenvalue weighted by molar-refractivity contribution is -0.152. The molecule has 36 heavy (non-hydrogen) atoms. The van der Waals surface area contributed by atoms with Gasteiger partial charge in [-0.2, -0.15) is 0 Å². The Morgan fingerprint density at radius 2 is 1.83 bits per heavy atom. The number of aryl methyl sites for hydroxylation is 2. The average molecular weight is 496 g/mol. The van der Waals surface area contributed by atoms with Crippen molar-refractivity contribution in [2.24, 2.45) is 0 Å². The maximum atomic E-state index is 12.3. The van der Waals surface area contributed by atoms with Gasteiger partial charge in [-0.25, -0.2) is 9.78 Å². The molecule has 0 radical (unpaired) electrons. The van der Waals surface area contributed by atoms with Crippen molar-refractivity contribution in [3.8, 4) is 23.0 Å². The zero-order valence-electron chi connectivity index (χ0n) is 21.5. The molecule has 0 fully saturated rings. The summed E-state index contributed by atoms with van der Waals surface area (Å²) in [5.41, 5.74) is 1.79. The summed E-state index contributed by atoms with van der Waals surface area (Å²) in [6.45, 7) is 7.61. The van der Waals surface area contributed by atoms with Gasteiger partial charge in [0.15, 0.2) is 17.1 Å². The molecule has 3 aromatic rings. The highest BCUT2D eigenvalue weighted by Crippen LogP contribution is 2.35. The van der Waals surface area contributed by atoms with E-state index in [0.29, 0.717) is 36.2 Å². The summed E-state index contributed by atoms with van der Waals surface area (Å²) in [5.74, 6) is 0.788. The minimum atomic E-state index is -1.42. The van der Waals surface area contributed by atoms with Gasteiger partial charge in [0.25, 0.3) is 0 Å². The zero-order valence-corrected chi connectivity index (χ0v) is 21.5. The first kappa shape index (κ1) is 26.7. The number of hydrogen-bond donors (Lipinski definition) is 2. The lowest BCUT2D eigenvalue weighted by Crippen LogP contribution is -2.38. The Balaban J connectivity index is 1.88. The van der Waals surface area contributed by atoms with E-state index in [4.69, 9.17) is 13.9 Å². The molecule has 9 heteroatoms. The van der Waals surface area contributed by atoms with Gasteiger partial charge in [0.2, 0.25) is 11.8 Å². The summed E-state index contributed by atoms with van der Waals surface area (Å²) in [6, 6.07) is 13.3. The molecule has 0 aliphatic carbocycles. The quantitative estimate of drug-likeness (QED) is 0.411. The highest BCUT2D eigenvalue weighted by atomic mass is 16.5. The van der Waals surface area contributed by atoms with E-state index in [2.05, 4.69) is 10.3 Å². The first-order chi connectivity index (χ1) is 17.0. The summed E-state index contributed by atoms with van der Waals surface area (Å²) in [6.07, 6.45) is 0. The topological polar surface area (TPSA) is 114 Å². The molecule has 2 aromatic carbocycles. The fourth-order valence-corrected chi connectivity index (χ4v) is 3.68. The van der Waals surface area contributed by atoms with Crippen LogP contribution in [0.5, 0.6) is 11.5 Å². The maximum Gasteiger partial charge on any atom is 0.347 e. The van der Waals surface area contributed by atoms with E-state index in [1.807, 2.05) is 55.1 Å². The molecule has 3 rings (SSSR count). The van der Waals surface area contributed by atoms with Crippen molar-refractivity contribution >= 4 is 11.9 Å². The number of rotatable bonds is 11. The van der Waals surface area contributed by atoms with Crippen molar-refractivity contribution < 1.29 is 28.6 Å². The second-order valence-electron chi connectivity index (χ2n) is 9.07. The van der Waals surface area contributed by atoms with Crippen LogP contribution >= 0.6 is 0 Å². The molecule has 1 heterocycles. The van der Waals surface area contributed by atoms with E-state index < -0.39 is 11.6 Å². The van der Waals surface area contributed by atoms with E-state index in [9.17, 15) is 14.7 Å². The maximum absolute atomic E-state index is 12.3. The number of aromatic nitrogens is 1. The highest BCUT2D eigenvalue weighted by Gasteiger charge is 2.31. The van der Waals surface area contributed by atoms with E-state index in [1.54, 1.807) is 13.1 Å². The summed E-state index contributed by atoms with van der Waals surface area (Å²) >= 11 is 0. The van der Waals surface area contributed by atoms with Gasteiger partial charge in [-0.05, 0) is 57.0 Å². The Kier molecular flexibility index (Phi) is 8.37. The Morgan fingerprint density at radius 1 is 1.14 bits per heavy atom. The van der Waals surface area contributed by atoms with E-state index in [0.717, 1.165) is 22.4 Å². The van der Waals surface area contributed by atoms with Crippen LogP contribution in [-0.4, -0.2) is 53.2 Å². The molecule has 0 saturated heterocycles. The number of benzene rings is 2. The molecule has 192 valence electrons. The largest absolute Gasteiger partial charge is 0.493 e. The number of carboxylic acids is 1. The fourth-order valence-electron chi connectivity index (χ4n) is 3.68. The van der Waals surface area contributed by atoms with Gasteiger partial charge in [-0.3, -0.25) is 9.69 Å². The molecule has 0 unspecified atom stereocenters. The fraction of sp³-hybridized carbons (Fsp3) is 0.370. The van der Waals surface area contributed by atoms with Crippen LogP contribution in [0.15, 0.2) is 46.9 Å². The third-order valence-electron chi connectivity index (χ3n) is 5.73. The zero-order chi connectivity index (χ0) is 26.5. The molecular formula is C27H33N3O6.